The van der Waals surface area contributed by atoms with Crippen molar-refractivity contribution in [1.29, 1.82) is 0 Å². The number of hydrogen-bond acceptors (Lipinski definition) is 4. The van der Waals surface area contributed by atoms with Crippen LogP contribution in [-0.4, -0.2) is 28.4 Å². The van der Waals surface area contributed by atoms with Crippen LogP contribution in [0.3, 0.4) is 0 Å². The Bertz CT molecular complexity index is 282. The van der Waals surface area contributed by atoms with Crippen LogP contribution in [0.2, 0.25) is 0 Å². The van der Waals surface area contributed by atoms with Crippen LogP contribution in [0, 0.1) is 0 Å². The Morgan fingerprint density at radius 1 is 1.14 bits per heavy atom. The third-order valence-corrected chi connectivity index (χ3v) is 0.977. The summed E-state index contributed by atoms with van der Waals surface area (Å²) < 4.78 is 4.70. The Morgan fingerprint density at radius 2 is 1.64 bits per heavy atom. The van der Waals surface area contributed by atoms with E-state index >= 15 is 0 Å². The van der Waals surface area contributed by atoms with E-state index in [1.165, 1.54) is 0 Å². The summed E-state index contributed by atoms with van der Waals surface area (Å²) in [6.45, 7) is 4.83. The second-order valence-electron chi connectivity index (χ2n) is 3.54. The number of hydrogen-bond donors (Lipinski definition) is 1. The summed E-state index contributed by atoms with van der Waals surface area (Å²) in [4.78, 5) is 31.9. The second-order valence-corrected chi connectivity index (χ2v) is 3.54. The number of carboxylic acids is 1. The minimum Gasteiger partial charge on any atom is -0.478 e. The van der Waals surface area contributed by atoms with E-state index in [4.69, 9.17) is 9.84 Å². The third-order valence-electron chi connectivity index (χ3n) is 0.977. The molecule has 0 fully saturated rings. The molecule has 0 aromatic rings. The first-order valence-electron chi connectivity index (χ1n) is 3.90. The average Bonchev–Trinajstić information content (AvgIpc) is 1.96. The highest BCUT2D eigenvalue weighted by Crippen LogP contribution is 2.07. The van der Waals surface area contributed by atoms with Gasteiger partial charge in [0.1, 0.15) is 5.60 Å². The summed E-state index contributed by atoms with van der Waals surface area (Å²) >= 11 is 0. The molecule has 0 saturated carbocycles. The highest BCUT2D eigenvalue weighted by molar-refractivity contribution is 6.38. The molecule has 0 spiro atoms. The van der Waals surface area contributed by atoms with Crippen LogP contribution < -0.4 is 0 Å². The van der Waals surface area contributed by atoms with Crippen molar-refractivity contribution < 1.29 is 24.2 Å². The van der Waals surface area contributed by atoms with Crippen molar-refractivity contribution in [2.75, 3.05) is 0 Å². The SMILES string of the molecule is CC(C)(C)OC(=O)C(=O)C=CC(=O)O. The van der Waals surface area contributed by atoms with Gasteiger partial charge < -0.3 is 9.84 Å². The maximum Gasteiger partial charge on any atom is 0.379 e. The van der Waals surface area contributed by atoms with E-state index in [1.54, 1.807) is 20.8 Å². The van der Waals surface area contributed by atoms with Gasteiger partial charge in [0, 0.05) is 12.2 Å². The summed E-state index contributed by atoms with van der Waals surface area (Å²) in [5.74, 6) is -3.33. The lowest BCUT2D eigenvalue weighted by molar-refractivity contribution is -0.160. The molecular weight excluding hydrogens is 188 g/mol. The number of carboxylic acid groups (broad SMARTS) is 1. The quantitative estimate of drug-likeness (QED) is 0.408. The molecule has 78 valence electrons. The zero-order valence-corrected chi connectivity index (χ0v) is 8.23. The fraction of sp³-hybridized carbons (Fsp3) is 0.444. The Hall–Kier alpha value is -1.65. The van der Waals surface area contributed by atoms with Crippen molar-refractivity contribution >= 4 is 17.7 Å². The van der Waals surface area contributed by atoms with E-state index < -0.39 is 23.3 Å². The molecule has 0 atom stereocenters. The number of esters is 1. The predicted octanol–water partition coefficient (Wildman–Crippen LogP) is 0.538. The van der Waals surface area contributed by atoms with Gasteiger partial charge in [-0.15, -0.1) is 0 Å². The first kappa shape index (κ1) is 12.3. The van der Waals surface area contributed by atoms with Crippen molar-refractivity contribution in [2.24, 2.45) is 0 Å². The first-order valence-corrected chi connectivity index (χ1v) is 3.90. The monoisotopic (exact) mass is 200 g/mol. The fourth-order valence-electron chi connectivity index (χ4n) is 0.543. The molecule has 1 N–H and O–H groups in total. The molecule has 0 rings (SSSR count). The van der Waals surface area contributed by atoms with Gasteiger partial charge in [0.15, 0.2) is 0 Å². The van der Waals surface area contributed by atoms with Crippen LogP contribution >= 0.6 is 0 Å². The van der Waals surface area contributed by atoms with Gasteiger partial charge >= 0.3 is 11.9 Å². The number of carbonyl (C=O) groups is 3. The lowest BCUT2D eigenvalue weighted by Gasteiger charge is -2.17. The van der Waals surface area contributed by atoms with Crippen molar-refractivity contribution in [3.05, 3.63) is 12.2 Å². The van der Waals surface area contributed by atoms with Gasteiger partial charge in [0.2, 0.25) is 0 Å². The molecule has 5 heteroatoms. The molecule has 0 saturated heterocycles. The summed E-state index contributed by atoms with van der Waals surface area (Å²) in [7, 11) is 0. The molecule has 0 bridgehead atoms. The summed E-state index contributed by atoms with van der Waals surface area (Å²) in [6, 6.07) is 0. The molecule has 0 radical (unpaired) electrons. The third kappa shape index (κ3) is 5.93. The fourth-order valence-corrected chi connectivity index (χ4v) is 0.543. The molecule has 0 aliphatic heterocycles. The minimum atomic E-state index is -1.29. The van der Waals surface area contributed by atoms with Crippen molar-refractivity contribution in [1.82, 2.24) is 0 Å². The van der Waals surface area contributed by atoms with E-state index in [0.29, 0.717) is 12.2 Å². The van der Waals surface area contributed by atoms with Gasteiger partial charge in [0.25, 0.3) is 5.78 Å². The van der Waals surface area contributed by atoms with E-state index in [-0.39, 0.29) is 0 Å². The van der Waals surface area contributed by atoms with Gasteiger partial charge in [0.05, 0.1) is 0 Å². The lowest BCUT2D eigenvalue weighted by atomic mass is 10.2. The molecule has 0 aromatic heterocycles. The van der Waals surface area contributed by atoms with Crippen LogP contribution in [-0.2, 0) is 19.1 Å². The molecule has 0 aliphatic rings. The van der Waals surface area contributed by atoms with E-state index in [2.05, 4.69) is 0 Å². The summed E-state index contributed by atoms with van der Waals surface area (Å²) in [5.41, 5.74) is -0.760. The number of carbonyl (C=O) groups excluding carboxylic acids is 2. The molecular formula is C9H12O5. The Labute approximate surface area is 81.4 Å². The van der Waals surface area contributed by atoms with Crippen LogP contribution in [0.4, 0.5) is 0 Å². The maximum absolute atomic E-state index is 11.0. The Morgan fingerprint density at radius 3 is 2.00 bits per heavy atom. The Balaban J connectivity index is 4.28. The molecule has 0 heterocycles. The van der Waals surface area contributed by atoms with Crippen LogP contribution in [0.25, 0.3) is 0 Å². The Kier molecular flexibility index (Phi) is 4.01. The standard InChI is InChI=1S/C9H12O5/c1-9(2,3)14-8(13)6(10)4-5-7(11)12/h4-5H,1-3H3,(H,11,12). The van der Waals surface area contributed by atoms with Gasteiger partial charge in [-0.05, 0) is 20.8 Å². The zero-order valence-electron chi connectivity index (χ0n) is 8.23. The molecule has 0 aromatic carbocycles. The topological polar surface area (TPSA) is 80.7 Å². The number of ketones is 1. The molecule has 14 heavy (non-hydrogen) atoms. The smallest absolute Gasteiger partial charge is 0.379 e. The predicted molar refractivity (Wildman–Crippen MR) is 47.6 cm³/mol. The van der Waals surface area contributed by atoms with Gasteiger partial charge in [-0.2, -0.15) is 0 Å². The normalized spacial score (nSPS) is 11.4. The highest BCUT2D eigenvalue weighted by atomic mass is 16.6. The van der Waals surface area contributed by atoms with Crippen LogP contribution in [0.1, 0.15) is 20.8 Å². The lowest BCUT2D eigenvalue weighted by Crippen LogP contribution is -2.28. The van der Waals surface area contributed by atoms with E-state index in [9.17, 15) is 14.4 Å². The van der Waals surface area contributed by atoms with Gasteiger partial charge in [-0.1, -0.05) is 0 Å². The number of rotatable bonds is 3. The molecule has 0 aliphatic carbocycles. The second kappa shape index (κ2) is 4.55. The summed E-state index contributed by atoms with van der Waals surface area (Å²) in [5, 5.41) is 8.19. The highest BCUT2D eigenvalue weighted by Gasteiger charge is 2.20. The first-order chi connectivity index (χ1) is 6.22. The zero-order chi connectivity index (χ0) is 11.4. The van der Waals surface area contributed by atoms with Crippen molar-refractivity contribution in [2.45, 2.75) is 26.4 Å². The largest absolute Gasteiger partial charge is 0.478 e. The van der Waals surface area contributed by atoms with E-state index in [1.807, 2.05) is 0 Å². The van der Waals surface area contributed by atoms with Crippen LogP contribution in [0.5, 0.6) is 0 Å². The molecule has 0 amide bonds. The molecule has 0 unspecified atom stereocenters. The van der Waals surface area contributed by atoms with Gasteiger partial charge in [-0.3, -0.25) is 4.79 Å². The average molecular weight is 200 g/mol. The van der Waals surface area contributed by atoms with Crippen molar-refractivity contribution in [3.8, 4) is 0 Å². The van der Waals surface area contributed by atoms with Crippen molar-refractivity contribution in [3.63, 3.8) is 0 Å². The van der Waals surface area contributed by atoms with E-state index in [0.717, 1.165) is 0 Å². The number of ether oxygens (including phenoxy) is 1. The van der Waals surface area contributed by atoms with Crippen LogP contribution in [0.15, 0.2) is 12.2 Å². The summed E-state index contributed by atoms with van der Waals surface area (Å²) in [6.07, 6.45) is 1.25. The molecule has 5 nitrogen and oxygen atoms in total. The number of aliphatic carboxylic acids is 1. The minimum absolute atomic E-state index is 0.590. The maximum atomic E-state index is 11.0. The van der Waals surface area contributed by atoms with Gasteiger partial charge in [-0.25, -0.2) is 9.59 Å².